The van der Waals surface area contributed by atoms with Crippen molar-refractivity contribution in [2.75, 3.05) is 48.8 Å². The van der Waals surface area contributed by atoms with Crippen LogP contribution in [-0.4, -0.2) is 56.8 Å². The first kappa shape index (κ1) is 26.2. The Morgan fingerprint density at radius 1 is 0.971 bits per heavy atom. The lowest BCUT2D eigenvalue weighted by Gasteiger charge is -2.23. The number of nitrogens with zero attached hydrogens (tertiary/aromatic N) is 3. The summed E-state index contributed by atoms with van der Waals surface area (Å²) in [5.74, 6) is -0.243. The van der Waals surface area contributed by atoms with Crippen LogP contribution in [0.1, 0.15) is 18.9 Å². The minimum atomic E-state index is -3.63. The van der Waals surface area contributed by atoms with Gasteiger partial charge in [-0.3, -0.25) is 9.78 Å². The Morgan fingerprint density at radius 3 is 2.31 bits per heavy atom. The molecule has 35 heavy (non-hydrogen) atoms. The zero-order valence-electron chi connectivity index (χ0n) is 20.4. The van der Waals surface area contributed by atoms with Crippen LogP contribution in [0.15, 0.2) is 78.0 Å². The molecule has 2 aromatic carbocycles. The first-order chi connectivity index (χ1) is 16.8. The van der Waals surface area contributed by atoms with Gasteiger partial charge in [0.2, 0.25) is 15.9 Å². The Labute approximate surface area is 208 Å². The van der Waals surface area contributed by atoms with Gasteiger partial charge in [-0.15, -0.1) is 0 Å². The summed E-state index contributed by atoms with van der Waals surface area (Å²) in [6, 6.07) is 18.2. The molecular formula is C26H33N5O3S. The lowest BCUT2D eigenvalue weighted by Crippen LogP contribution is -2.30. The molecule has 0 atom stereocenters. The van der Waals surface area contributed by atoms with E-state index in [0.717, 1.165) is 36.6 Å². The quantitative estimate of drug-likeness (QED) is 0.395. The SMILES string of the molecule is CCN(CCNc1ccc(NC(=O)CCN(C)S(=O)(=O)c2cccc(C)c2)cc1)c1ccncc1. The fraction of sp³-hybridized carbons (Fsp3) is 0.308. The number of anilines is 3. The highest BCUT2D eigenvalue weighted by molar-refractivity contribution is 7.89. The lowest BCUT2D eigenvalue weighted by molar-refractivity contribution is -0.116. The number of nitrogens with one attached hydrogen (secondary N) is 2. The van der Waals surface area contributed by atoms with Crippen LogP contribution in [0.3, 0.4) is 0 Å². The average molecular weight is 496 g/mol. The van der Waals surface area contributed by atoms with Crippen molar-refractivity contribution in [3.63, 3.8) is 0 Å². The number of pyridine rings is 1. The molecule has 0 fully saturated rings. The topological polar surface area (TPSA) is 94.6 Å². The summed E-state index contributed by atoms with van der Waals surface area (Å²) in [5.41, 5.74) is 3.63. The van der Waals surface area contributed by atoms with Gasteiger partial charge in [0.1, 0.15) is 0 Å². The van der Waals surface area contributed by atoms with Crippen molar-refractivity contribution in [3.05, 3.63) is 78.6 Å². The largest absolute Gasteiger partial charge is 0.383 e. The predicted molar refractivity (Wildman–Crippen MR) is 141 cm³/mol. The van der Waals surface area contributed by atoms with E-state index in [4.69, 9.17) is 0 Å². The van der Waals surface area contributed by atoms with Crippen molar-refractivity contribution in [1.82, 2.24) is 9.29 Å². The number of aromatic nitrogens is 1. The van der Waals surface area contributed by atoms with E-state index in [1.165, 1.54) is 11.4 Å². The maximum atomic E-state index is 12.7. The van der Waals surface area contributed by atoms with E-state index in [1.54, 1.807) is 30.6 Å². The highest BCUT2D eigenvalue weighted by Crippen LogP contribution is 2.17. The average Bonchev–Trinajstić information content (AvgIpc) is 2.86. The van der Waals surface area contributed by atoms with Gasteiger partial charge in [0.15, 0.2) is 0 Å². The van der Waals surface area contributed by atoms with Gasteiger partial charge in [0.05, 0.1) is 4.90 Å². The van der Waals surface area contributed by atoms with Crippen LogP contribution < -0.4 is 15.5 Å². The Bertz CT molecular complexity index is 1200. The molecule has 0 unspecified atom stereocenters. The molecule has 1 amide bonds. The number of hydrogen-bond donors (Lipinski definition) is 2. The fourth-order valence-corrected chi connectivity index (χ4v) is 4.87. The van der Waals surface area contributed by atoms with Crippen molar-refractivity contribution in [2.24, 2.45) is 0 Å². The van der Waals surface area contributed by atoms with Crippen molar-refractivity contribution in [3.8, 4) is 0 Å². The first-order valence-corrected chi connectivity index (χ1v) is 13.1. The summed E-state index contributed by atoms with van der Waals surface area (Å²) in [7, 11) is -2.15. The second kappa shape index (κ2) is 12.3. The third kappa shape index (κ3) is 7.53. The Morgan fingerprint density at radius 2 is 1.66 bits per heavy atom. The lowest BCUT2D eigenvalue weighted by atomic mass is 10.2. The summed E-state index contributed by atoms with van der Waals surface area (Å²) in [4.78, 5) is 18.9. The second-order valence-corrected chi connectivity index (χ2v) is 10.3. The molecule has 0 saturated carbocycles. The number of carbonyl (C=O) groups excluding carboxylic acids is 1. The normalized spacial score (nSPS) is 11.3. The molecule has 1 aromatic heterocycles. The Hall–Kier alpha value is -3.43. The highest BCUT2D eigenvalue weighted by atomic mass is 32.2. The molecule has 0 radical (unpaired) electrons. The van der Waals surface area contributed by atoms with Crippen LogP contribution >= 0.6 is 0 Å². The van der Waals surface area contributed by atoms with Crippen LogP contribution in [0, 0.1) is 6.92 Å². The molecule has 9 heteroatoms. The van der Waals surface area contributed by atoms with E-state index in [9.17, 15) is 13.2 Å². The van der Waals surface area contributed by atoms with E-state index >= 15 is 0 Å². The molecule has 0 bridgehead atoms. The second-order valence-electron chi connectivity index (χ2n) is 8.23. The monoisotopic (exact) mass is 495 g/mol. The van der Waals surface area contributed by atoms with Gasteiger partial charge in [-0.1, -0.05) is 12.1 Å². The molecule has 186 valence electrons. The maximum Gasteiger partial charge on any atom is 0.242 e. The summed E-state index contributed by atoms with van der Waals surface area (Å²) < 4.78 is 26.6. The highest BCUT2D eigenvalue weighted by Gasteiger charge is 2.21. The van der Waals surface area contributed by atoms with Crippen molar-refractivity contribution in [1.29, 1.82) is 0 Å². The maximum absolute atomic E-state index is 12.7. The molecule has 2 N–H and O–H groups in total. The first-order valence-electron chi connectivity index (χ1n) is 11.6. The molecule has 0 aliphatic rings. The summed E-state index contributed by atoms with van der Waals surface area (Å²) in [6.45, 7) is 6.57. The number of hydrogen-bond acceptors (Lipinski definition) is 6. The van der Waals surface area contributed by atoms with E-state index < -0.39 is 10.0 Å². The third-order valence-electron chi connectivity index (χ3n) is 5.64. The van der Waals surface area contributed by atoms with Gasteiger partial charge in [-0.2, -0.15) is 0 Å². The number of aryl methyl sites for hydroxylation is 1. The van der Waals surface area contributed by atoms with E-state index in [0.29, 0.717) is 5.69 Å². The van der Waals surface area contributed by atoms with Gasteiger partial charge in [-0.05, 0) is 67.9 Å². The van der Waals surface area contributed by atoms with E-state index in [-0.39, 0.29) is 23.8 Å². The van der Waals surface area contributed by atoms with Gasteiger partial charge >= 0.3 is 0 Å². The number of benzene rings is 2. The van der Waals surface area contributed by atoms with Crippen LogP contribution in [0.2, 0.25) is 0 Å². The minimum Gasteiger partial charge on any atom is -0.383 e. The molecule has 8 nitrogen and oxygen atoms in total. The number of rotatable bonds is 12. The third-order valence-corrected chi connectivity index (χ3v) is 7.49. The number of sulfonamides is 1. The smallest absolute Gasteiger partial charge is 0.242 e. The van der Waals surface area contributed by atoms with Crippen LogP contribution in [0.4, 0.5) is 17.1 Å². The Kier molecular flexibility index (Phi) is 9.22. The van der Waals surface area contributed by atoms with Gasteiger partial charge in [0, 0.05) is 69.1 Å². The molecular weight excluding hydrogens is 462 g/mol. The Balaban J connectivity index is 1.44. The molecule has 0 aliphatic carbocycles. The summed E-state index contributed by atoms with van der Waals surface area (Å²) >= 11 is 0. The van der Waals surface area contributed by atoms with Crippen LogP contribution in [-0.2, 0) is 14.8 Å². The van der Waals surface area contributed by atoms with Crippen molar-refractivity contribution >= 4 is 33.0 Å². The summed E-state index contributed by atoms with van der Waals surface area (Å²) in [6.07, 6.45) is 3.64. The molecule has 3 aromatic rings. The molecule has 3 rings (SSSR count). The molecule has 0 spiro atoms. The minimum absolute atomic E-state index is 0.0589. The fourth-order valence-electron chi connectivity index (χ4n) is 3.59. The van der Waals surface area contributed by atoms with Gasteiger partial charge < -0.3 is 15.5 Å². The zero-order valence-corrected chi connectivity index (χ0v) is 21.3. The summed E-state index contributed by atoms with van der Waals surface area (Å²) in [5, 5.41) is 6.22. The number of carbonyl (C=O) groups is 1. The van der Waals surface area contributed by atoms with Gasteiger partial charge in [-0.25, -0.2) is 12.7 Å². The number of likely N-dealkylation sites (N-methyl/N-ethyl adjacent to an activating group) is 1. The molecule has 0 aliphatic heterocycles. The molecule has 1 heterocycles. The standard InChI is InChI=1S/C26H33N5O3S/c1-4-31(24-12-15-27-16-13-24)19-17-28-22-8-10-23(11-9-22)29-26(32)14-18-30(3)35(33,34)25-7-5-6-21(2)20-25/h5-13,15-16,20,28H,4,14,17-19H2,1-3H3,(H,29,32). The van der Waals surface area contributed by atoms with E-state index in [1.807, 2.05) is 49.4 Å². The van der Waals surface area contributed by atoms with Crippen LogP contribution in [0.5, 0.6) is 0 Å². The molecule has 0 saturated heterocycles. The van der Waals surface area contributed by atoms with Crippen LogP contribution in [0.25, 0.3) is 0 Å². The van der Waals surface area contributed by atoms with Gasteiger partial charge in [0.25, 0.3) is 0 Å². The predicted octanol–water partition coefficient (Wildman–Crippen LogP) is 3.98. The zero-order chi connectivity index (χ0) is 25.3. The van der Waals surface area contributed by atoms with Crippen molar-refractivity contribution in [2.45, 2.75) is 25.2 Å². The number of amides is 1. The van der Waals surface area contributed by atoms with E-state index in [2.05, 4.69) is 27.4 Å². The van der Waals surface area contributed by atoms with Crippen molar-refractivity contribution < 1.29 is 13.2 Å².